The number of non-ortho nitro benzene ring substituents is 1. The van der Waals surface area contributed by atoms with E-state index in [-0.39, 0.29) is 34.8 Å². The van der Waals surface area contributed by atoms with Crippen molar-refractivity contribution in [1.29, 1.82) is 0 Å². The lowest BCUT2D eigenvalue weighted by Crippen LogP contribution is -2.36. The Morgan fingerprint density at radius 3 is 2.27 bits per heavy atom. The largest absolute Gasteiger partial charge is 0.379 e. The third kappa shape index (κ3) is 5.92. The van der Waals surface area contributed by atoms with Crippen LogP contribution in [-0.2, 0) is 16.7 Å². The second kappa shape index (κ2) is 9.78. The van der Waals surface area contributed by atoms with E-state index in [4.69, 9.17) is 4.18 Å². The van der Waals surface area contributed by atoms with Crippen LogP contribution < -0.4 is 4.18 Å². The summed E-state index contributed by atoms with van der Waals surface area (Å²) < 4.78 is 43.2. The molecule has 0 N–H and O–H groups in total. The highest BCUT2D eigenvalue weighted by Crippen LogP contribution is 2.22. The minimum absolute atomic E-state index is 0.0447. The summed E-state index contributed by atoms with van der Waals surface area (Å²) in [6.07, 6.45) is 0. The summed E-state index contributed by atoms with van der Waals surface area (Å²) in [4.78, 5) is 24.7. The highest BCUT2D eigenvalue weighted by molar-refractivity contribution is 7.87. The van der Waals surface area contributed by atoms with Gasteiger partial charge in [-0.1, -0.05) is 12.1 Å². The molecule has 3 rings (SSSR count). The zero-order valence-electron chi connectivity index (χ0n) is 17.8. The van der Waals surface area contributed by atoms with Crippen molar-refractivity contribution in [1.82, 2.24) is 4.90 Å². The number of carbonyl (C=O) groups is 1. The van der Waals surface area contributed by atoms with Crippen LogP contribution in [0.25, 0.3) is 0 Å². The zero-order valence-corrected chi connectivity index (χ0v) is 18.7. The second-order valence-corrected chi connectivity index (χ2v) is 9.02. The van der Waals surface area contributed by atoms with Gasteiger partial charge >= 0.3 is 10.1 Å². The summed E-state index contributed by atoms with van der Waals surface area (Å²) in [5, 5.41) is 10.8. The second-order valence-electron chi connectivity index (χ2n) is 7.47. The lowest BCUT2D eigenvalue weighted by atomic mass is 10.1. The first-order chi connectivity index (χ1) is 15.6. The molecule has 0 fully saturated rings. The molecule has 0 spiro atoms. The Hall–Kier alpha value is -3.79. The maximum absolute atomic E-state index is 13.1. The third-order valence-electron chi connectivity index (χ3n) is 4.77. The molecule has 0 aliphatic rings. The van der Waals surface area contributed by atoms with Gasteiger partial charge in [0.05, 0.1) is 4.92 Å². The molecule has 0 radical (unpaired) electrons. The minimum atomic E-state index is -4.16. The molecule has 3 aromatic rings. The molecule has 172 valence electrons. The number of hydrogen-bond donors (Lipinski definition) is 0. The standard InChI is InChI=1S/C23H21FN2O6S/c1-16(2)25(23(27)18-6-10-20(11-7-18)26(28)29)15-17-4-3-5-21(14-17)32-33(30,31)22-12-8-19(24)9-13-22/h3-14,16H,15H2,1-2H3. The summed E-state index contributed by atoms with van der Waals surface area (Å²) in [5.41, 5.74) is 0.793. The number of carbonyl (C=O) groups excluding carboxylic acids is 1. The van der Waals surface area contributed by atoms with Crippen molar-refractivity contribution >= 4 is 21.7 Å². The van der Waals surface area contributed by atoms with E-state index < -0.39 is 20.9 Å². The number of rotatable bonds is 8. The molecular formula is C23H21FN2O6S. The fourth-order valence-electron chi connectivity index (χ4n) is 3.05. The Kier molecular flexibility index (Phi) is 7.07. The van der Waals surface area contributed by atoms with Crippen LogP contribution in [0.3, 0.4) is 0 Å². The normalized spacial score (nSPS) is 11.3. The molecule has 0 unspecified atom stereocenters. The zero-order chi connectivity index (χ0) is 24.2. The third-order valence-corrected chi connectivity index (χ3v) is 6.03. The van der Waals surface area contributed by atoms with E-state index in [2.05, 4.69) is 0 Å². The summed E-state index contributed by atoms with van der Waals surface area (Å²) in [6, 6.07) is 15.7. The van der Waals surface area contributed by atoms with Gasteiger partial charge in [-0.05, 0) is 67.9 Å². The Morgan fingerprint density at radius 2 is 1.70 bits per heavy atom. The lowest BCUT2D eigenvalue weighted by Gasteiger charge is -2.27. The summed E-state index contributed by atoms with van der Waals surface area (Å²) in [5.74, 6) is -0.851. The van der Waals surface area contributed by atoms with Crippen molar-refractivity contribution in [3.8, 4) is 5.75 Å². The fourth-order valence-corrected chi connectivity index (χ4v) is 3.97. The van der Waals surface area contributed by atoms with E-state index in [1.165, 1.54) is 36.4 Å². The molecule has 1 amide bonds. The number of amides is 1. The van der Waals surface area contributed by atoms with Crippen LogP contribution in [0.2, 0.25) is 0 Å². The predicted molar refractivity (Wildman–Crippen MR) is 119 cm³/mol. The van der Waals surface area contributed by atoms with Crippen molar-refractivity contribution in [2.45, 2.75) is 31.3 Å². The molecule has 0 bridgehead atoms. The van der Waals surface area contributed by atoms with E-state index >= 15 is 0 Å². The molecule has 10 heteroatoms. The van der Waals surface area contributed by atoms with Gasteiger partial charge in [0.25, 0.3) is 11.6 Å². The topological polar surface area (TPSA) is 107 Å². The SMILES string of the molecule is CC(C)N(Cc1cccc(OS(=O)(=O)c2ccc(F)cc2)c1)C(=O)c1ccc([N+](=O)[O-])cc1. The fraction of sp³-hybridized carbons (Fsp3) is 0.174. The lowest BCUT2D eigenvalue weighted by molar-refractivity contribution is -0.384. The van der Waals surface area contributed by atoms with Gasteiger partial charge in [-0.15, -0.1) is 0 Å². The molecule has 0 aromatic heterocycles. The van der Waals surface area contributed by atoms with Crippen LogP contribution in [0, 0.1) is 15.9 Å². The quantitative estimate of drug-likeness (QED) is 0.270. The van der Waals surface area contributed by atoms with E-state index in [9.17, 15) is 27.7 Å². The summed E-state index contributed by atoms with van der Waals surface area (Å²) >= 11 is 0. The highest BCUT2D eigenvalue weighted by Gasteiger charge is 2.21. The van der Waals surface area contributed by atoms with Crippen molar-refractivity contribution in [3.63, 3.8) is 0 Å². The first kappa shape index (κ1) is 23.9. The van der Waals surface area contributed by atoms with E-state index in [1.54, 1.807) is 17.0 Å². The Morgan fingerprint density at radius 1 is 1.06 bits per heavy atom. The smallest absolute Gasteiger partial charge is 0.339 e. The van der Waals surface area contributed by atoms with Gasteiger partial charge in [-0.25, -0.2) is 4.39 Å². The van der Waals surface area contributed by atoms with Crippen LogP contribution in [-0.4, -0.2) is 30.2 Å². The van der Waals surface area contributed by atoms with E-state index in [1.807, 2.05) is 13.8 Å². The molecular weight excluding hydrogens is 451 g/mol. The van der Waals surface area contributed by atoms with Crippen LogP contribution in [0.4, 0.5) is 10.1 Å². The monoisotopic (exact) mass is 472 g/mol. The maximum atomic E-state index is 13.1. The average molecular weight is 472 g/mol. The molecule has 0 atom stereocenters. The average Bonchev–Trinajstić information content (AvgIpc) is 2.77. The Balaban J connectivity index is 1.79. The molecule has 0 aliphatic heterocycles. The number of nitrogens with zero attached hydrogens (tertiary/aromatic N) is 2. The number of hydrogen-bond acceptors (Lipinski definition) is 6. The van der Waals surface area contributed by atoms with Gasteiger partial charge in [0, 0.05) is 30.3 Å². The number of benzene rings is 3. The summed E-state index contributed by atoms with van der Waals surface area (Å²) in [7, 11) is -4.16. The molecule has 8 nitrogen and oxygen atoms in total. The van der Waals surface area contributed by atoms with Crippen molar-refractivity contribution in [2.75, 3.05) is 0 Å². The molecule has 0 heterocycles. The molecule has 0 saturated heterocycles. The number of nitro groups is 1. The molecule has 33 heavy (non-hydrogen) atoms. The molecule has 0 aliphatic carbocycles. The van der Waals surface area contributed by atoms with E-state index in [0.717, 1.165) is 24.3 Å². The van der Waals surface area contributed by atoms with Crippen molar-refractivity contribution in [3.05, 3.63) is 99.9 Å². The van der Waals surface area contributed by atoms with E-state index in [0.29, 0.717) is 11.1 Å². The Bertz CT molecular complexity index is 1260. The van der Waals surface area contributed by atoms with Crippen LogP contribution in [0.15, 0.2) is 77.7 Å². The van der Waals surface area contributed by atoms with Gasteiger partial charge < -0.3 is 9.08 Å². The van der Waals surface area contributed by atoms with Gasteiger partial charge in [-0.2, -0.15) is 8.42 Å². The van der Waals surface area contributed by atoms with Crippen molar-refractivity contribution in [2.24, 2.45) is 0 Å². The Labute approximate surface area is 190 Å². The molecule has 3 aromatic carbocycles. The van der Waals surface area contributed by atoms with Gasteiger partial charge in [0.1, 0.15) is 16.5 Å². The van der Waals surface area contributed by atoms with Gasteiger partial charge in [-0.3, -0.25) is 14.9 Å². The van der Waals surface area contributed by atoms with Gasteiger partial charge in [0.2, 0.25) is 0 Å². The van der Waals surface area contributed by atoms with Crippen LogP contribution in [0.5, 0.6) is 5.75 Å². The number of halogens is 1. The molecule has 0 saturated carbocycles. The number of nitro benzene ring substituents is 1. The highest BCUT2D eigenvalue weighted by atomic mass is 32.2. The van der Waals surface area contributed by atoms with Crippen LogP contribution in [0.1, 0.15) is 29.8 Å². The first-order valence-corrected chi connectivity index (χ1v) is 11.3. The predicted octanol–water partition coefficient (Wildman–Crippen LogP) is 4.55. The summed E-state index contributed by atoms with van der Waals surface area (Å²) in [6.45, 7) is 3.80. The van der Waals surface area contributed by atoms with Gasteiger partial charge in [0.15, 0.2) is 0 Å². The minimum Gasteiger partial charge on any atom is -0.379 e. The first-order valence-electron chi connectivity index (χ1n) is 9.91. The van der Waals surface area contributed by atoms with Crippen molar-refractivity contribution < 1.29 is 26.7 Å². The van der Waals surface area contributed by atoms with Crippen LogP contribution >= 0.6 is 0 Å². The maximum Gasteiger partial charge on any atom is 0.339 e.